The smallest absolute Gasteiger partial charge is 0.0522 e. The lowest BCUT2D eigenvalue weighted by molar-refractivity contribution is 0.263. The van der Waals surface area contributed by atoms with Crippen LogP contribution in [0, 0.1) is 0 Å². The van der Waals surface area contributed by atoms with Crippen molar-refractivity contribution in [3.8, 4) is 0 Å². The number of hydrogen-bond donors (Lipinski definition) is 2. The SMILES string of the molecule is CCC(CCO)NCCc1cnn(C)c1. The van der Waals surface area contributed by atoms with Crippen molar-refractivity contribution in [2.24, 2.45) is 7.05 Å². The van der Waals surface area contributed by atoms with Crippen LogP contribution >= 0.6 is 0 Å². The van der Waals surface area contributed by atoms with Crippen molar-refractivity contribution in [2.45, 2.75) is 32.2 Å². The number of aryl methyl sites for hydroxylation is 1. The van der Waals surface area contributed by atoms with Gasteiger partial charge in [-0.3, -0.25) is 4.68 Å². The van der Waals surface area contributed by atoms with E-state index in [0.29, 0.717) is 6.04 Å². The Morgan fingerprint density at radius 2 is 2.40 bits per heavy atom. The first-order valence-electron chi connectivity index (χ1n) is 5.58. The fourth-order valence-electron chi connectivity index (χ4n) is 1.63. The topological polar surface area (TPSA) is 50.1 Å². The van der Waals surface area contributed by atoms with Crippen molar-refractivity contribution in [1.82, 2.24) is 15.1 Å². The largest absolute Gasteiger partial charge is 0.396 e. The third-order valence-electron chi connectivity index (χ3n) is 2.58. The quantitative estimate of drug-likeness (QED) is 0.698. The lowest BCUT2D eigenvalue weighted by Gasteiger charge is -2.14. The minimum absolute atomic E-state index is 0.262. The molecule has 0 radical (unpaired) electrons. The number of aliphatic hydroxyl groups is 1. The van der Waals surface area contributed by atoms with Crippen molar-refractivity contribution in [3.63, 3.8) is 0 Å². The summed E-state index contributed by atoms with van der Waals surface area (Å²) in [6.45, 7) is 3.35. The van der Waals surface area contributed by atoms with Gasteiger partial charge < -0.3 is 10.4 Å². The maximum absolute atomic E-state index is 8.83. The summed E-state index contributed by atoms with van der Waals surface area (Å²) in [7, 11) is 1.93. The molecule has 0 aromatic carbocycles. The Balaban J connectivity index is 2.20. The summed E-state index contributed by atoms with van der Waals surface area (Å²) in [5.41, 5.74) is 1.25. The van der Waals surface area contributed by atoms with Gasteiger partial charge in [-0.15, -0.1) is 0 Å². The highest BCUT2D eigenvalue weighted by molar-refractivity contribution is 5.03. The Kier molecular flexibility index (Phi) is 5.36. The Morgan fingerprint density at radius 3 is 2.93 bits per heavy atom. The number of nitrogens with one attached hydrogen (secondary N) is 1. The third kappa shape index (κ3) is 4.44. The second-order valence-electron chi connectivity index (χ2n) is 3.84. The van der Waals surface area contributed by atoms with E-state index in [4.69, 9.17) is 5.11 Å². The van der Waals surface area contributed by atoms with Crippen LogP contribution in [0.4, 0.5) is 0 Å². The van der Waals surface area contributed by atoms with Gasteiger partial charge in [0.25, 0.3) is 0 Å². The highest BCUT2D eigenvalue weighted by atomic mass is 16.3. The molecule has 0 aliphatic rings. The first-order chi connectivity index (χ1) is 7.26. The number of rotatable bonds is 7. The summed E-state index contributed by atoms with van der Waals surface area (Å²) in [6, 6.07) is 0.437. The van der Waals surface area contributed by atoms with Crippen LogP contribution in [0.2, 0.25) is 0 Å². The molecule has 1 heterocycles. The van der Waals surface area contributed by atoms with Crippen LogP contribution < -0.4 is 5.32 Å². The molecule has 0 fully saturated rings. The lowest BCUT2D eigenvalue weighted by Crippen LogP contribution is -2.31. The molecular formula is C11H21N3O. The molecule has 1 atom stereocenters. The highest BCUT2D eigenvalue weighted by Gasteiger charge is 2.04. The van der Waals surface area contributed by atoms with Crippen LogP contribution in [0.3, 0.4) is 0 Å². The molecule has 0 spiro atoms. The third-order valence-corrected chi connectivity index (χ3v) is 2.58. The molecule has 0 saturated heterocycles. The maximum atomic E-state index is 8.83. The second-order valence-corrected chi connectivity index (χ2v) is 3.84. The average Bonchev–Trinajstić information content (AvgIpc) is 2.63. The first-order valence-corrected chi connectivity index (χ1v) is 5.58. The van der Waals surface area contributed by atoms with Gasteiger partial charge in [-0.2, -0.15) is 5.10 Å². The molecule has 4 heteroatoms. The molecule has 1 unspecified atom stereocenters. The van der Waals surface area contributed by atoms with Crippen molar-refractivity contribution < 1.29 is 5.11 Å². The fraction of sp³-hybridized carbons (Fsp3) is 0.727. The minimum Gasteiger partial charge on any atom is -0.396 e. The predicted octanol–water partition coefficient (Wildman–Crippen LogP) is 0.713. The van der Waals surface area contributed by atoms with E-state index in [2.05, 4.69) is 17.3 Å². The molecule has 0 aliphatic carbocycles. The molecule has 2 N–H and O–H groups in total. The van der Waals surface area contributed by atoms with Gasteiger partial charge in [-0.25, -0.2) is 0 Å². The summed E-state index contributed by atoms with van der Waals surface area (Å²) in [5, 5.41) is 16.4. The maximum Gasteiger partial charge on any atom is 0.0522 e. The molecule has 0 bridgehead atoms. The summed E-state index contributed by atoms with van der Waals surface area (Å²) in [4.78, 5) is 0. The zero-order valence-electron chi connectivity index (χ0n) is 9.61. The molecule has 1 rings (SSSR count). The molecule has 1 aromatic heterocycles. The van der Waals surface area contributed by atoms with Gasteiger partial charge >= 0.3 is 0 Å². The minimum atomic E-state index is 0.262. The predicted molar refractivity (Wildman–Crippen MR) is 60.7 cm³/mol. The van der Waals surface area contributed by atoms with E-state index < -0.39 is 0 Å². The summed E-state index contributed by atoms with van der Waals surface area (Å²) in [6.07, 6.45) is 6.83. The Hall–Kier alpha value is -0.870. The molecule has 86 valence electrons. The Morgan fingerprint density at radius 1 is 1.60 bits per heavy atom. The van der Waals surface area contributed by atoms with Crippen LogP contribution in [-0.4, -0.2) is 34.1 Å². The zero-order chi connectivity index (χ0) is 11.1. The molecule has 4 nitrogen and oxygen atoms in total. The van der Waals surface area contributed by atoms with E-state index in [0.717, 1.165) is 25.8 Å². The van der Waals surface area contributed by atoms with Gasteiger partial charge in [0.05, 0.1) is 6.20 Å². The molecule has 0 aliphatic heterocycles. The zero-order valence-corrected chi connectivity index (χ0v) is 9.61. The molecular weight excluding hydrogens is 190 g/mol. The lowest BCUT2D eigenvalue weighted by atomic mass is 10.1. The number of hydrogen-bond acceptors (Lipinski definition) is 3. The normalized spacial score (nSPS) is 13.0. The monoisotopic (exact) mass is 211 g/mol. The Bertz CT molecular complexity index is 273. The van der Waals surface area contributed by atoms with E-state index in [9.17, 15) is 0 Å². The van der Waals surface area contributed by atoms with E-state index in [1.54, 1.807) is 0 Å². The van der Waals surface area contributed by atoms with Crippen molar-refractivity contribution >= 4 is 0 Å². The van der Waals surface area contributed by atoms with E-state index in [1.165, 1.54) is 5.56 Å². The standard InChI is InChI=1S/C11H21N3O/c1-3-11(5-7-15)12-6-4-10-8-13-14(2)9-10/h8-9,11-12,15H,3-7H2,1-2H3. The number of nitrogens with zero attached hydrogens (tertiary/aromatic N) is 2. The van der Waals surface area contributed by atoms with Crippen LogP contribution in [0.25, 0.3) is 0 Å². The van der Waals surface area contributed by atoms with Crippen molar-refractivity contribution in [3.05, 3.63) is 18.0 Å². The summed E-state index contributed by atoms with van der Waals surface area (Å²) < 4.78 is 1.82. The van der Waals surface area contributed by atoms with E-state index in [-0.39, 0.29) is 6.61 Å². The van der Waals surface area contributed by atoms with Crippen LogP contribution in [0.15, 0.2) is 12.4 Å². The van der Waals surface area contributed by atoms with Crippen LogP contribution in [0.5, 0.6) is 0 Å². The molecule has 0 amide bonds. The van der Waals surface area contributed by atoms with Crippen molar-refractivity contribution in [1.29, 1.82) is 0 Å². The molecule has 15 heavy (non-hydrogen) atoms. The van der Waals surface area contributed by atoms with Gasteiger partial charge in [0, 0.05) is 25.9 Å². The van der Waals surface area contributed by atoms with Crippen LogP contribution in [-0.2, 0) is 13.5 Å². The van der Waals surface area contributed by atoms with Crippen LogP contribution in [0.1, 0.15) is 25.3 Å². The fourth-order valence-corrected chi connectivity index (χ4v) is 1.63. The van der Waals surface area contributed by atoms with Gasteiger partial charge in [0.1, 0.15) is 0 Å². The van der Waals surface area contributed by atoms with Gasteiger partial charge in [-0.05, 0) is 31.4 Å². The molecule has 0 saturated carbocycles. The number of aromatic nitrogens is 2. The van der Waals surface area contributed by atoms with E-state index >= 15 is 0 Å². The summed E-state index contributed by atoms with van der Waals surface area (Å²) >= 11 is 0. The molecule has 1 aromatic rings. The highest BCUT2D eigenvalue weighted by Crippen LogP contribution is 1.99. The van der Waals surface area contributed by atoms with E-state index in [1.807, 2.05) is 24.1 Å². The number of aliphatic hydroxyl groups excluding tert-OH is 1. The Labute approximate surface area is 91.3 Å². The average molecular weight is 211 g/mol. The second kappa shape index (κ2) is 6.58. The van der Waals surface area contributed by atoms with Gasteiger partial charge in [0.2, 0.25) is 0 Å². The van der Waals surface area contributed by atoms with Crippen molar-refractivity contribution in [2.75, 3.05) is 13.2 Å². The summed E-state index contributed by atoms with van der Waals surface area (Å²) in [5.74, 6) is 0. The first kappa shape index (κ1) is 12.2. The van der Waals surface area contributed by atoms with Gasteiger partial charge in [0.15, 0.2) is 0 Å². The van der Waals surface area contributed by atoms with Gasteiger partial charge in [-0.1, -0.05) is 6.92 Å².